The summed E-state index contributed by atoms with van der Waals surface area (Å²) in [4.78, 5) is 16.9. The van der Waals surface area contributed by atoms with E-state index < -0.39 is 18.6 Å². The van der Waals surface area contributed by atoms with Crippen molar-refractivity contribution >= 4 is 17.2 Å². The SMILES string of the molecule is Cc1nc(CC(=O)N(CC(C)C)CC(F)(F)F)cs1. The molecule has 1 heterocycles. The molecular weight excluding hydrogens is 277 g/mol. The molecule has 0 bridgehead atoms. The van der Waals surface area contributed by atoms with Gasteiger partial charge in [-0.1, -0.05) is 13.8 Å². The molecule has 108 valence electrons. The van der Waals surface area contributed by atoms with Crippen LogP contribution >= 0.6 is 11.3 Å². The average molecular weight is 294 g/mol. The lowest BCUT2D eigenvalue weighted by Gasteiger charge is -2.25. The molecule has 0 N–H and O–H groups in total. The molecule has 0 saturated carbocycles. The first-order valence-electron chi connectivity index (χ1n) is 5.93. The molecule has 19 heavy (non-hydrogen) atoms. The van der Waals surface area contributed by atoms with Crippen LogP contribution in [0, 0.1) is 12.8 Å². The topological polar surface area (TPSA) is 33.2 Å². The van der Waals surface area contributed by atoms with Crippen LogP contribution in [0.3, 0.4) is 0 Å². The van der Waals surface area contributed by atoms with Crippen LogP contribution in [0.5, 0.6) is 0 Å². The summed E-state index contributed by atoms with van der Waals surface area (Å²) >= 11 is 1.38. The van der Waals surface area contributed by atoms with Crippen molar-refractivity contribution in [3.8, 4) is 0 Å². The molecule has 1 rings (SSSR count). The Morgan fingerprint density at radius 1 is 1.47 bits per heavy atom. The van der Waals surface area contributed by atoms with Crippen molar-refractivity contribution in [2.24, 2.45) is 5.92 Å². The fourth-order valence-corrected chi connectivity index (χ4v) is 2.28. The maximum Gasteiger partial charge on any atom is 0.406 e. The van der Waals surface area contributed by atoms with Crippen molar-refractivity contribution < 1.29 is 18.0 Å². The van der Waals surface area contributed by atoms with E-state index in [1.165, 1.54) is 11.3 Å². The molecule has 0 saturated heterocycles. The van der Waals surface area contributed by atoms with Gasteiger partial charge in [0.2, 0.25) is 5.91 Å². The van der Waals surface area contributed by atoms with Gasteiger partial charge in [-0.05, 0) is 12.8 Å². The lowest BCUT2D eigenvalue weighted by Crippen LogP contribution is -2.41. The average Bonchev–Trinajstić information content (AvgIpc) is 2.60. The van der Waals surface area contributed by atoms with Gasteiger partial charge in [0, 0.05) is 11.9 Å². The van der Waals surface area contributed by atoms with Crippen LogP contribution in [0.2, 0.25) is 0 Å². The van der Waals surface area contributed by atoms with E-state index in [1.54, 1.807) is 26.2 Å². The Bertz CT molecular complexity index is 429. The highest BCUT2D eigenvalue weighted by molar-refractivity contribution is 7.09. The number of nitrogens with zero attached hydrogens (tertiary/aromatic N) is 2. The normalized spacial score (nSPS) is 11.9. The van der Waals surface area contributed by atoms with E-state index in [0.717, 1.165) is 9.91 Å². The van der Waals surface area contributed by atoms with Crippen LogP contribution < -0.4 is 0 Å². The minimum Gasteiger partial charge on any atom is -0.333 e. The van der Waals surface area contributed by atoms with Gasteiger partial charge in [-0.25, -0.2) is 4.98 Å². The van der Waals surface area contributed by atoms with Crippen LogP contribution in [0.4, 0.5) is 13.2 Å². The second kappa shape index (κ2) is 6.36. The molecule has 1 aromatic heterocycles. The zero-order valence-corrected chi connectivity index (χ0v) is 11.9. The largest absolute Gasteiger partial charge is 0.406 e. The van der Waals surface area contributed by atoms with E-state index >= 15 is 0 Å². The van der Waals surface area contributed by atoms with Gasteiger partial charge in [0.15, 0.2) is 0 Å². The van der Waals surface area contributed by atoms with E-state index in [9.17, 15) is 18.0 Å². The van der Waals surface area contributed by atoms with Gasteiger partial charge in [0.1, 0.15) is 6.54 Å². The predicted octanol–water partition coefficient (Wildman–Crippen LogP) is 3.04. The Balaban J connectivity index is 2.70. The Labute approximate surface area is 114 Å². The minimum absolute atomic E-state index is 0.0107. The zero-order valence-electron chi connectivity index (χ0n) is 11.1. The van der Waals surface area contributed by atoms with Gasteiger partial charge < -0.3 is 4.90 Å². The molecule has 0 aromatic carbocycles. The Kier molecular flexibility index (Phi) is 5.34. The Morgan fingerprint density at radius 3 is 2.53 bits per heavy atom. The number of hydrogen-bond donors (Lipinski definition) is 0. The van der Waals surface area contributed by atoms with Crippen molar-refractivity contribution in [1.82, 2.24) is 9.88 Å². The van der Waals surface area contributed by atoms with Crippen LogP contribution in [-0.2, 0) is 11.2 Å². The number of carbonyl (C=O) groups excluding carboxylic acids is 1. The van der Waals surface area contributed by atoms with E-state index in [0.29, 0.717) is 5.69 Å². The summed E-state index contributed by atoms with van der Waals surface area (Å²) < 4.78 is 37.4. The highest BCUT2D eigenvalue weighted by Gasteiger charge is 2.33. The second-order valence-electron chi connectivity index (χ2n) is 4.82. The predicted molar refractivity (Wildman–Crippen MR) is 68.0 cm³/mol. The molecular formula is C12H17F3N2OS. The maximum absolute atomic E-state index is 12.5. The van der Waals surface area contributed by atoms with Crippen molar-refractivity contribution in [3.63, 3.8) is 0 Å². The fourth-order valence-electron chi connectivity index (χ4n) is 1.67. The first-order chi connectivity index (χ1) is 8.67. The van der Waals surface area contributed by atoms with Gasteiger partial charge >= 0.3 is 6.18 Å². The zero-order chi connectivity index (χ0) is 14.6. The van der Waals surface area contributed by atoms with Crippen LogP contribution in [0.15, 0.2) is 5.38 Å². The number of hydrogen-bond acceptors (Lipinski definition) is 3. The molecule has 0 aliphatic rings. The molecule has 0 aliphatic carbocycles. The molecule has 0 atom stereocenters. The first kappa shape index (κ1) is 15.9. The standard InChI is InChI=1S/C12H17F3N2OS/c1-8(2)5-17(7-12(13,14)15)11(18)4-10-6-19-9(3)16-10/h6,8H,4-5,7H2,1-3H3. The number of thiazole rings is 1. The molecule has 1 amide bonds. The smallest absolute Gasteiger partial charge is 0.333 e. The van der Waals surface area contributed by atoms with Crippen LogP contribution in [-0.4, -0.2) is 35.1 Å². The van der Waals surface area contributed by atoms with Gasteiger partial charge in [0.05, 0.1) is 17.1 Å². The molecule has 3 nitrogen and oxygen atoms in total. The molecule has 0 aliphatic heterocycles. The lowest BCUT2D eigenvalue weighted by molar-refractivity contribution is -0.161. The lowest BCUT2D eigenvalue weighted by atomic mass is 10.2. The van der Waals surface area contributed by atoms with E-state index in [-0.39, 0.29) is 18.9 Å². The quantitative estimate of drug-likeness (QED) is 0.836. The van der Waals surface area contributed by atoms with E-state index in [2.05, 4.69) is 4.98 Å². The van der Waals surface area contributed by atoms with E-state index in [4.69, 9.17) is 0 Å². The minimum atomic E-state index is -4.37. The summed E-state index contributed by atoms with van der Waals surface area (Å²) in [7, 11) is 0. The summed E-state index contributed by atoms with van der Waals surface area (Å²) in [5.41, 5.74) is 0.531. The monoisotopic (exact) mass is 294 g/mol. The Morgan fingerprint density at radius 2 is 2.11 bits per heavy atom. The third-order valence-corrected chi connectivity index (χ3v) is 3.13. The molecule has 0 radical (unpaired) electrons. The third kappa shape index (κ3) is 6.04. The number of amides is 1. The van der Waals surface area contributed by atoms with Crippen molar-refractivity contribution in [2.75, 3.05) is 13.1 Å². The third-order valence-electron chi connectivity index (χ3n) is 2.31. The number of halogens is 3. The summed E-state index contributed by atoms with van der Waals surface area (Å²) in [5.74, 6) is -0.542. The maximum atomic E-state index is 12.5. The number of aryl methyl sites for hydroxylation is 1. The van der Waals surface area contributed by atoms with Crippen LogP contribution in [0.1, 0.15) is 24.5 Å². The van der Waals surface area contributed by atoms with Crippen molar-refractivity contribution in [2.45, 2.75) is 33.4 Å². The molecule has 1 aromatic rings. The number of rotatable bonds is 5. The highest BCUT2D eigenvalue weighted by atomic mass is 32.1. The van der Waals surface area contributed by atoms with Gasteiger partial charge in [0.25, 0.3) is 0 Å². The number of alkyl halides is 3. The van der Waals surface area contributed by atoms with Gasteiger partial charge in [-0.15, -0.1) is 11.3 Å². The second-order valence-corrected chi connectivity index (χ2v) is 5.88. The first-order valence-corrected chi connectivity index (χ1v) is 6.81. The number of aromatic nitrogens is 1. The van der Waals surface area contributed by atoms with E-state index in [1.807, 2.05) is 0 Å². The van der Waals surface area contributed by atoms with Crippen LogP contribution in [0.25, 0.3) is 0 Å². The molecule has 0 spiro atoms. The Hall–Kier alpha value is -1.11. The molecule has 0 fully saturated rings. The summed E-state index contributed by atoms with van der Waals surface area (Å²) in [6, 6.07) is 0. The van der Waals surface area contributed by atoms with Crippen molar-refractivity contribution in [1.29, 1.82) is 0 Å². The summed E-state index contributed by atoms with van der Waals surface area (Å²) in [5, 5.41) is 2.50. The fraction of sp³-hybridized carbons (Fsp3) is 0.667. The molecule has 0 unspecified atom stereocenters. The highest BCUT2D eigenvalue weighted by Crippen LogP contribution is 2.18. The van der Waals surface area contributed by atoms with Crippen molar-refractivity contribution in [3.05, 3.63) is 16.1 Å². The summed E-state index contributed by atoms with van der Waals surface area (Å²) in [6.07, 6.45) is -4.45. The summed E-state index contributed by atoms with van der Waals surface area (Å²) in [6.45, 7) is 4.25. The number of carbonyl (C=O) groups is 1. The molecule has 7 heteroatoms. The van der Waals surface area contributed by atoms with Gasteiger partial charge in [-0.2, -0.15) is 13.2 Å². The van der Waals surface area contributed by atoms with Gasteiger partial charge in [-0.3, -0.25) is 4.79 Å².